The van der Waals surface area contributed by atoms with Gasteiger partial charge in [0.1, 0.15) is 18.6 Å². The van der Waals surface area contributed by atoms with E-state index in [0.29, 0.717) is 34.7 Å². The molecular formula is C16H14ClNO4. The molecule has 2 aromatic heterocycles. The molecule has 114 valence electrons. The van der Waals surface area contributed by atoms with Crippen LogP contribution in [0.15, 0.2) is 51.7 Å². The van der Waals surface area contributed by atoms with E-state index >= 15 is 0 Å². The fourth-order valence-electron chi connectivity index (χ4n) is 1.95. The molecule has 22 heavy (non-hydrogen) atoms. The monoisotopic (exact) mass is 319 g/mol. The zero-order valence-electron chi connectivity index (χ0n) is 11.9. The highest BCUT2D eigenvalue weighted by Gasteiger charge is 2.11. The molecule has 0 N–H and O–H groups in total. The molecule has 1 aromatic carbocycles. The van der Waals surface area contributed by atoms with Crippen LogP contribution in [0.3, 0.4) is 0 Å². The summed E-state index contributed by atoms with van der Waals surface area (Å²) in [4.78, 5) is 4.31. The molecule has 0 radical (unpaired) electrons. The molecule has 0 saturated heterocycles. The van der Waals surface area contributed by atoms with Crippen molar-refractivity contribution >= 4 is 11.6 Å². The minimum Gasteiger partial charge on any atom is -0.493 e. The summed E-state index contributed by atoms with van der Waals surface area (Å²) in [5.41, 5.74) is 1.63. The summed E-state index contributed by atoms with van der Waals surface area (Å²) in [6.07, 6.45) is 3.11. The largest absolute Gasteiger partial charge is 0.493 e. The zero-order chi connectivity index (χ0) is 15.4. The highest BCUT2D eigenvalue weighted by atomic mass is 35.5. The second kappa shape index (κ2) is 6.58. The number of ether oxygens (including phenoxy) is 2. The molecule has 0 aliphatic carbocycles. The van der Waals surface area contributed by atoms with Crippen LogP contribution in [0.2, 0.25) is 0 Å². The number of benzene rings is 1. The van der Waals surface area contributed by atoms with Crippen LogP contribution >= 0.6 is 11.6 Å². The fourth-order valence-corrected chi connectivity index (χ4v) is 2.12. The minimum absolute atomic E-state index is 0.265. The van der Waals surface area contributed by atoms with Crippen LogP contribution in [-0.4, -0.2) is 12.1 Å². The molecule has 0 fully saturated rings. The highest BCUT2D eigenvalue weighted by Crippen LogP contribution is 2.29. The van der Waals surface area contributed by atoms with Gasteiger partial charge in [0.25, 0.3) is 5.89 Å². The van der Waals surface area contributed by atoms with Gasteiger partial charge in [0.05, 0.1) is 13.4 Å². The Bertz CT molecular complexity index is 736. The lowest BCUT2D eigenvalue weighted by molar-refractivity contribution is 0.280. The third-order valence-electron chi connectivity index (χ3n) is 3.04. The normalized spacial score (nSPS) is 10.6. The van der Waals surface area contributed by atoms with Gasteiger partial charge in [-0.1, -0.05) is 6.07 Å². The molecule has 0 atom stereocenters. The molecule has 0 aliphatic heterocycles. The number of nitrogens with zero attached hydrogens (tertiary/aromatic N) is 1. The van der Waals surface area contributed by atoms with Gasteiger partial charge in [-0.2, -0.15) is 0 Å². The van der Waals surface area contributed by atoms with Crippen LogP contribution < -0.4 is 9.47 Å². The SMILES string of the molecule is COc1cc(CCl)ccc1OCc1coc(-c2ccco2)n1. The first-order valence-corrected chi connectivity index (χ1v) is 7.17. The Hall–Kier alpha value is -2.40. The van der Waals surface area contributed by atoms with E-state index in [-0.39, 0.29) is 6.61 Å². The number of furan rings is 1. The summed E-state index contributed by atoms with van der Waals surface area (Å²) in [7, 11) is 1.59. The maximum atomic E-state index is 5.81. The Morgan fingerprint density at radius 3 is 2.82 bits per heavy atom. The minimum atomic E-state index is 0.265. The van der Waals surface area contributed by atoms with Crippen molar-refractivity contribution in [2.45, 2.75) is 12.5 Å². The van der Waals surface area contributed by atoms with Crippen molar-refractivity contribution in [3.63, 3.8) is 0 Å². The first kappa shape index (κ1) is 14.5. The lowest BCUT2D eigenvalue weighted by atomic mass is 10.2. The Kier molecular flexibility index (Phi) is 4.34. The van der Waals surface area contributed by atoms with E-state index < -0.39 is 0 Å². The summed E-state index contributed by atoms with van der Waals surface area (Å²) >= 11 is 5.81. The number of alkyl halides is 1. The molecule has 3 rings (SSSR count). The highest BCUT2D eigenvalue weighted by molar-refractivity contribution is 6.17. The van der Waals surface area contributed by atoms with Gasteiger partial charge in [0.2, 0.25) is 0 Å². The Morgan fingerprint density at radius 1 is 1.18 bits per heavy atom. The molecule has 5 nitrogen and oxygen atoms in total. The average Bonchev–Trinajstić information content (AvgIpc) is 3.23. The Balaban J connectivity index is 1.70. The molecule has 6 heteroatoms. The van der Waals surface area contributed by atoms with Crippen molar-refractivity contribution in [2.75, 3.05) is 7.11 Å². The lowest BCUT2D eigenvalue weighted by Gasteiger charge is -2.10. The lowest BCUT2D eigenvalue weighted by Crippen LogP contribution is -1.98. The first-order valence-electron chi connectivity index (χ1n) is 6.64. The fraction of sp³-hybridized carbons (Fsp3) is 0.188. The first-order chi connectivity index (χ1) is 10.8. The quantitative estimate of drug-likeness (QED) is 0.635. The maximum Gasteiger partial charge on any atom is 0.263 e. The second-order valence-corrected chi connectivity index (χ2v) is 4.80. The van der Waals surface area contributed by atoms with Gasteiger partial charge in [-0.15, -0.1) is 11.6 Å². The number of halogens is 1. The summed E-state index contributed by atoms with van der Waals surface area (Å²) in [5, 5.41) is 0. The molecule has 3 aromatic rings. The van der Waals surface area contributed by atoms with E-state index in [2.05, 4.69) is 4.98 Å². The molecular weight excluding hydrogens is 306 g/mol. The van der Waals surface area contributed by atoms with Crippen molar-refractivity contribution in [2.24, 2.45) is 0 Å². The maximum absolute atomic E-state index is 5.81. The number of hydrogen-bond acceptors (Lipinski definition) is 5. The third kappa shape index (κ3) is 3.09. The van der Waals surface area contributed by atoms with Gasteiger partial charge in [-0.25, -0.2) is 4.98 Å². The molecule has 2 heterocycles. The Labute approximate surface area is 132 Å². The van der Waals surface area contributed by atoms with Crippen LogP contribution in [0, 0.1) is 0 Å². The molecule has 0 bridgehead atoms. The molecule has 0 spiro atoms. The van der Waals surface area contributed by atoms with E-state index in [4.69, 9.17) is 29.9 Å². The van der Waals surface area contributed by atoms with Gasteiger partial charge in [-0.05, 0) is 29.8 Å². The summed E-state index contributed by atoms with van der Waals surface area (Å²) in [6.45, 7) is 0.265. The van der Waals surface area contributed by atoms with Crippen molar-refractivity contribution in [3.8, 4) is 23.1 Å². The van der Waals surface area contributed by atoms with Gasteiger partial charge in [-0.3, -0.25) is 0 Å². The van der Waals surface area contributed by atoms with Crippen molar-refractivity contribution < 1.29 is 18.3 Å². The van der Waals surface area contributed by atoms with E-state index in [1.54, 1.807) is 25.5 Å². The van der Waals surface area contributed by atoms with Crippen LogP contribution in [-0.2, 0) is 12.5 Å². The molecule has 0 aliphatic rings. The Morgan fingerprint density at radius 2 is 2.09 bits per heavy atom. The van der Waals surface area contributed by atoms with Gasteiger partial charge in [0, 0.05) is 5.88 Å². The van der Waals surface area contributed by atoms with Crippen LogP contribution in [0.4, 0.5) is 0 Å². The average molecular weight is 320 g/mol. The van der Waals surface area contributed by atoms with Crippen molar-refractivity contribution in [3.05, 3.63) is 54.1 Å². The smallest absolute Gasteiger partial charge is 0.263 e. The molecule has 0 saturated carbocycles. The second-order valence-electron chi connectivity index (χ2n) is 4.53. The van der Waals surface area contributed by atoms with E-state index in [1.165, 1.54) is 6.26 Å². The number of methoxy groups -OCH3 is 1. The number of rotatable bonds is 6. The number of aromatic nitrogens is 1. The topological polar surface area (TPSA) is 57.6 Å². The third-order valence-corrected chi connectivity index (χ3v) is 3.35. The van der Waals surface area contributed by atoms with Gasteiger partial charge in [0.15, 0.2) is 17.3 Å². The van der Waals surface area contributed by atoms with E-state index in [0.717, 1.165) is 5.56 Å². The summed E-state index contributed by atoms with van der Waals surface area (Å²) in [6, 6.07) is 9.12. The molecule has 0 unspecified atom stereocenters. The molecule has 0 amide bonds. The predicted octanol–water partition coefficient (Wildman–Crippen LogP) is 4.26. The number of hydrogen-bond donors (Lipinski definition) is 0. The van der Waals surface area contributed by atoms with Crippen LogP contribution in [0.1, 0.15) is 11.3 Å². The van der Waals surface area contributed by atoms with E-state index in [9.17, 15) is 0 Å². The summed E-state index contributed by atoms with van der Waals surface area (Å²) in [5.74, 6) is 2.68. The predicted molar refractivity (Wildman–Crippen MR) is 81.1 cm³/mol. The number of oxazole rings is 1. The standard InChI is InChI=1S/C16H14ClNO4/c1-19-15-7-11(8-17)4-5-13(15)21-9-12-10-22-16(18-12)14-3-2-6-20-14/h2-7,10H,8-9H2,1H3. The van der Waals surface area contributed by atoms with Crippen LogP contribution in [0.5, 0.6) is 11.5 Å². The zero-order valence-corrected chi connectivity index (χ0v) is 12.7. The van der Waals surface area contributed by atoms with E-state index in [1.807, 2.05) is 18.2 Å². The van der Waals surface area contributed by atoms with Crippen LogP contribution in [0.25, 0.3) is 11.7 Å². The van der Waals surface area contributed by atoms with Crippen molar-refractivity contribution in [1.82, 2.24) is 4.98 Å². The van der Waals surface area contributed by atoms with Gasteiger partial charge < -0.3 is 18.3 Å². The van der Waals surface area contributed by atoms with Gasteiger partial charge >= 0.3 is 0 Å². The van der Waals surface area contributed by atoms with Crippen molar-refractivity contribution in [1.29, 1.82) is 0 Å². The summed E-state index contributed by atoms with van der Waals surface area (Å²) < 4.78 is 21.6.